The molecule has 2 rings (SSSR count). The van der Waals surface area contributed by atoms with E-state index in [1.165, 1.54) is 0 Å². The molecule has 1 aromatic carbocycles. The zero-order chi connectivity index (χ0) is 15.2. The van der Waals surface area contributed by atoms with Crippen LogP contribution in [0.2, 0.25) is 0 Å². The number of carbonyl (C=O) groups excluding carboxylic acids is 2. The van der Waals surface area contributed by atoms with Gasteiger partial charge in [0.15, 0.2) is 0 Å². The topological polar surface area (TPSA) is 43.9 Å². The maximum atomic E-state index is 12.4. The van der Waals surface area contributed by atoms with Crippen molar-refractivity contribution in [3.05, 3.63) is 35.9 Å². The smallest absolute Gasteiger partial charge is 0.253 e. The highest BCUT2D eigenvalue weighted by molar-refractivity contribution is 5.94. The van der Waals surface area contributed by atoms with Gasteiger partial charge >= 0.3 is 0 Å². The SMILES string of the molecule is CN(C)C(=O)CN1CCCN(C(=O)c2ccccc2)CC1. The van der Waals surface area contributed by atoms with Crippen LogP contribution in [0.5, 0.6) is 0 Å². The largest absolute Gasteiger partial charge is 0.348 e. The molecule has 1 saturated heterocycles. The van der Waals surface area contributed by atoms with Gasteiger partial charge in [-0.05, 0) is 18.6 Å². The Morgan fingerprint density at radius 2 is 1.76 bits per heavy atom. The molecule has 0 N–H and O–H groups in total. The van der Waals surface area contributed by atoms with Crippen molar-refractivity contribution in [2.24, 2.45) is 0 Å². The van der Waals surface area contributed by atoms with Crippen LogP contribution in [0.1, 0.15) is 16.8 Å². The minimum atomic E-state index is 0.0800. The quantitative estimate of drug-likeness (QED) is 0.831. The lowest BCUT2D eigenvalue weighted by Gasteiger charge is -2.22. The second-order valence-electron chi connectivity index (χ2n) is 5.58. The van der Waals surface area contributed by atoms with Gasteiger partial charge < -0.3 is 9.80 Å². The molecule has 0 aliphatic carbocycles. The van der Waals surface area contributed by atoms with E-state index in [9.17, 15) is 9.59 Å². The number of nitrogens with zero attached hydrogens (tertiary/aromatic N) is 3. The number of carbonyl (C=O) groups is 2. The number of benzene rings is 1. The Morgan fingerprint density at radius 3 is 2.43 bits per heavy atom. The number of amides is 2. The first-order valence-electron chi connectivity index (χ1n) is 7.35. The molecule has 1 heterocycles. The summed E-state index contributed by atoms with van der Waals surface area (Å²) in [5, 5.41) is 0. The Labute approximate surface area is 126 Å². The van der Waals surface area contributed by atoms with Gasteiger partial charge in [0.05, 0.1) is 6.54 Å². The van der Waals surface area contributed by atoms with E-state index in [0.29, 0.717) is 13.1 Å². The number of hydrogen-bond acceptors (Lipinski definition) is 3. The summed E-state index contributed by atoms with van der Waals surface area (Å²) in [6, 6.07) is 9.37. The Hall–Kier alpha value is -1.88. The lowest BCUT2D eigenvalue weighted by molar-refractivity contribution is -0.129. The highest BCUT2D eigenvalue weighted by Crippen LogP contribution is 2.09. The summed E-state index contributed by atoms with van der Waals surface area (Å²) in [7, 11) is 3.54. The first-order valence-corrected chi connectivity index (χ1v) is 7.35. The van der Waals surface area contributed by atoms with Gasteiger partial charge in [-0.2, -0.15) is 0 Å². The highest BCUT2D eigenvalue weighted by atomic mass is 16.2. The van der Waals surface area contributed by atoms with Crippen LogP contribution in [0.3, 0.4) is 0 Å². The van der Waals surface area contributed by atoms with Crippen LogP contribution in [-0.2, 0) is 4.79 Å². The molecular weight excluding hydrogens is 266 g/mol. The van der Waals surface area contributed by atoms with Gasteiger partial charge in [-0.3, -0.25) is 14.5 Å². The molecule has 0 saturated carbocycles. The fourth-order valence-electron chi connectivity index (χ4n) is 2.43. The van der Waals surface area contributed by atoms with Gasteiger partial charge in [-0.25, -0.2) is 0 Å². The van der Waals surface area contributed by atoms with Gasteiger partial charge in [0.25, 0.3) is 5.91 Å². The van der Waals surface area contributed by atoms with Crippen LogP contribution in [0.25, 0.3) is 0 Å². The Balaban J connectivity index is 1.92. The molecule has 5 heteroatoms. The molecule has 0 radical (unpaired) electrons. The van der Waals surface area contributed by atoms with Crippen LogP contribution in [-0.4, -0.2) is 73.3 Å². The van der Waals surface area contributed by atoms with Crippen molar-refractivity contribution < 1.29 is 9.59 Å². The third kappa shape index (κ3) is 4.29. The van der Waals surface area contributed by atoms with E-state index in [1.54, 1.807) is 19.0 Å². The van der Waals surface area contributed by atoms with Crippen molar-refractivity contribution >= 4 is 11.8 Å². The molecular formula is C16H23N3O2. The summed E-state index contributed by atoms with van der Waals surface area (Å²) in [6.07, 6.45) is 0.902. The first-order chi connectivity index (χ1) is 10.1. The van der Waals surface area contributed by atoms with E-state index in [-0.39, 0.29) is 11.8 Å². The van der Waals surface area contributed by atoms with Gasteiger partial charge in [0.2, 0.25) is 5.91 Å². The predicted octanol–water partition coefficient (Wildman–Crippen LogP) is 0.923. The molecule has 114 valence electrons. The maximum absolute atomic E-state index is 12.4. The number of likely N-dealkylation sites (N-methyl/N-ethyl adjacent to an activating group) is 1. The second kappa shape index (κ2) is 7.22. The van der Waals surface area contributed by atoms with Crippen LogP contribution in [0.15, 0.2) is 30.3 Å². The summed E-state index contributed by atoms with van der Waals surface area (Å²) >= 11 is 0. The summed E-state index contributed by atoms with van der Waals surface area (Å²) in [6.45, 7) is 3.46. The Bertz CT molecular complexity index is 488. The van der Waals surface area contributed by atoms with Gasteiger partial charge in [-0.1, -0.05) is 18.2 Å². The van der Waals surface area contributed by atoms with Crippen molar-refractivity contribution in [2.45, 2.75) is 6.42 Å². The molecule has 21 heavy (non-hydrogen) atoms. The van der Waals surface area contributed by atoms with E-state index in [0.717, 1.165) is 31.6 Å². The third-order valence-electron chi connectivity index (χ3n) is 3.75. The average Bonchev–Trinajstić information content (AvgIpc) is 2.73. The summed E-state index contributed by atoms with van der Waals surface area (Å²) < 4.78 is 0. The van der Waals surface area contributed by atoms with E-state index >= 15 is 0 Å². The number of rotatable bonds is 3. The van der Waals surface area contributed by atoms with Crippen molar-refractivity contribution in [1.82, 2.24) is 14.7 Å². The van der Waals surface area contributed by atoms with Crippen molar-refractivity contribution in [1.29, 1.82) is 0 Å². The molecule has 5 nitrogen and oxygen atoms in total. The fourth-order valence-corrected chi connectivity index (χ4v) is 2.43. The zero-order valence-electron chi connectivity index (χ0n) is 12.8. The molecule has 1 aromatic rings. The van der Waals surface area contributed by atoms with Crippen LogP contribution in [0.4, 0.5) is 0 Å². The summed E-state index contributed by atoms with van der Waals surface area (Å²) in [4.78, 5) is 29.8. The van der Waals surface area contributed by atoms with Gasteiger partial charge in [-0.15, -0.1) is 0 Å². The van der Waals surface area contributed by atoms with Crippen LogP contribution in [0, 0.1) is 0 Å². The van der Waals surface area contributed by atoms with Crippen molar-refractivity contribution in [3.8, 4) is 0 Å². The van der Waals surface area contributed by atoms with E-state index in [2.05, 4.69) is 4.90 Å². The average molecular weight is 289 g/mol. The molecule has 2 amide bonds. The lowest BCUT2D eigenvalue weighted by Crippen LogP contribution is -2.39. The highest BCUT2D eigenvalue weighted by Gasteiger charge is 2.21. The molecule has 1 fully saturated rings. The van der Waals surface area contributed by atoms with Crippen molar-refractivity contribution in [3.63, 3.8) is 0 Å². The summed E-state index contributed by atoms with van der Waals surface area (Å²) in [5.41, 5.74) is 0.732. The predicted molar refractivity (Wildman–Crippen MR) is 82.1 cm³/mol. The molecule has 1 aliphatic rings. The van der Waals surface area contributed by atoms with E-state index in [4.69, 9.17) is 0 Å². The number of hydrogen-bond donors (Lipinski definition) is 0. The normalized spacial score (nSPS) is 16.4. The standard InChI is InChI=1S/C16H23N3O2/c1-17(2)15(20)13-18-9-6-10-19(12-11-18)16(21)14-7-4-3-5-8-14/h3-5,7-8H,6,9-13H2,1-2H3. The molecule has 1 aliphatic heterocycles. The second-order valence-corrected chi connectivity index (χ2v) is 5.58. The van der Waals surface area contributed by atoms with Crippen LogP contribution < -0.4 is 0 Å². The Morgan fingerprint density at radius 1 is 1.05 bits per heavy atom. The maximum Gasteiger partial charge on any atom is 0.253 e. The van der Waals surface area contributed by atoms with E-state index in [1.807, 2.05) is 35.2 Å². The minimum Gasteiger partial charge on any atom is -0.348 e. The zero-order valence-corrected chi connectivity index (χ0v) is 12.8. The van der Waals surface area contributed by atoms with Crippen molar-refractivity contribution in [2.75, 3.05) is 46.8 Å². The molecule has 0 bridgehead atoms. The molecule has 0 unspecified atom stereocenters. The fraction of sp³-hybridized carbons (Fsp3) is 0.500. The monoisotopic (exact) mass is 289 g/mol. The molecule has 0 aromatic heterocycles. The lowest BCUT2D eigenvalue weighted by atomic mass is 10.2. The van der Waals surface area contributed by atoms with E-state index < -0.39 is 0 Å². The molecule has 0 atom stereocenters. The Kier molecular flexibility index (Phi) is 5.33. The molecule has 0 spiro atoms. The van der Waals surface area contributed by atoms with Crippen LogP contribution >= 0.6 is 0 Å². The minimum absolute atomic E-state index is 0.0800. The first kappa shape index (κ1) is 15.5. The third-order valence-corrected chi connectivity index (χ3v) is 3.75. The summed E-state index contributed by atoms with van der Waals surface area (Å²) in [5.74, 6) is 0.189. The van der Waals surface area contributed by atoms with Gasteiger partial charge in [0.1, 0.15) is 0 Å². The van der Waals surface area contributed by atoms with Gasteiger partial charge in [0, 0.05) is 45.8 Å².